The molecule has 0 fully saturated rings. The summed E-state index contributed by atoms with van der Waals surface area (Å²) in [6.45, 7) is 4.35. The third-order valence-corrected chi connectivity index (χ3v) is 4.55. The van der Waals surface area contributed by atoms with Crippen LogP contribution >= 0.6 is 0 Å². The second-order valence-electron chi connectivity index (χ2n) is 6.95. The molecule has 2 aromatic carbocycles. The Morgan fingerprint density at radius 1 is 1.08 bits per heavy atom. The number of benzene rings is 2. The van der Waals surface area contributed by atoms with Crippen LogP contribution in [0.4, 0.5) is 4.39 Å². The lowest BCUT2D eigenvalue weighted by molar-refractivity contribution is 0.294. The number of halogens is 1. The van der Waals surface area contributed by atoms with Gasteiger partial charge in [0.05, 0.1) is 5.52 Å². The summed E-state index contributed by atoms with van der Waals surface area (Å²) in [6, 6.07) is 13.3. The van der Waals surface area contributed by atoms with Crippen LogP contribution in [0.1, 0.15) is 24.5 Å². The van der Waals surface area contributed by atoms with Crippen molar-refractivity contribution < 1.29 is 9.13 Å². The molecule has 0 N–H and O–H groups in total. The lowest BCUT2D eigenvalue weighted by Crippen LogP contribution is -2.15. The minimum Gasteiger partial charge on any atom is -0.485 e. The van der Waals surface area contributed by atoms with Crippen LogP contribution in [0.2, 0.25) is 0 Å². The van der Waals surface area contributed by atoms with Gasteiger partial charge in [0.15, 0.2) is 11.6 Å². The molecule has 0 spiro atoms. The number of likely N-dealkylation sites (N-methyl/N-ethyl adjacent to an activating group) is 1. The Labute approximate surface area is 155 Å². The van der Waals surface area contributed by atoms with Gasteiger partial charge in [-0.05, 0) is 50.2 Å². The molecule has 0 atom stereocenters. The predicted molar refractivity (Wildman–Crippen MR) is 105 cm³/mol. The third kappa shape index (κ3) is 4.07. The fourth-order valence-corrected chi connectivity index (χ4v) is 3.25. The minimum absolute atomic E-state index is 0.297. The van der Waals surface area contributed by atoms with Crippen LogP contribution in [0.25, 0.3) is 10.9 Å². The average Bonchev–Trinajstić information content (AvgIpc) is 2.98. The molecule has 1 aromatic heterocycles. The van der Waals surface area contributed by atoms with E-state index >= 15 is 0 Å². The molecule has 0 saturated heterocycles. The molecule has 0 aliphatic heterocycles. The summed E-state index contributed by atoms with van der Waals surface area (Å²) in [5, 5.41) is 0.913. The molecule has 0 aliphatic rings. The molecule has 1 heterocycles. The highest BCUT2D eigenvalue weighted by Crippen LogP contribution is 2.34. The Kier molecular flexibility index (Phi) is 5.94. The van der Waals surface area contributed by atoms with E-state index in [4.69, 9.17) is 4.74 Å². The first-order valence-corrected chi connectivity index (χ1v) is 9.21. The lowest BCUT2D eigenvalue weighted by Gasteiger charge is -2.12. The van der Waals surface area contributed by atoms with Gasteiger partial charge in [-0.15, -0.1) is 0 Å². The van der Waals surface area contributed by atoms with Crippen molar-refractivity contribution >= 4 is 10.9 Å². The van der Waals surface area contributed by atoms with Crippen molar-refractivity contribution in [2.24, 2.45) is 0 Å². The van der Waals surface area contributed by atoms with E-state index in [9.17, 15) is 4.39 Å². The topological polar surface area (TPSA) is 17.4 Å². The van der Waals surface area contributed by atoms with Crippen molar-refractivity contribution in [3.8, 4) is 5.75 Å². The molecule has 4 heteroatoms. The van der Waals surface area contributed by atoms with Crippen molar-refractivity contribution in [3.05, 3.63) is 65.6 Å². The molecule has 3 rings (SSSR count). The number of hydrogen-bond acceptors (Lipinski definition) is 2. The Morgan fingerprint density at radius 3 is 2.54 bits per heavy atom. The molecule has 0 radical (unpaired) electrons. The van der Waals surface area contributed by atoms with Gasteiger partial charge in [0, 0.05) is 24.7 Å². The lowest BCUT2D eigenvalue weighted by atomic mass is 10.1. The Morgan fingerprint density at radius 2 is 1.85 bits per heavy atom. The third-order valence-electron chi connectivity index (χ3n) is 4.55. The first kappa shape index (κ1) is 18.5. The number of aryl methyl sites for hydroxylation is 1. The maximum atomic E-state index is 14.7. The fraction of sp³-hybridized carbons (Fsp3) is 0.364. The molecule has 0 amide bonds. The van der Waals surface area contributed by atoms with Crippen LogP contribution in [0.5, 0.6) is 5.75 Å². The van der Waals surface area contributed by atoms with E-state index in [-0.39, 0.29) is 5.82 Å². The SMILES string of the molecule is CCCn1cc(CCN(C)C)c2c(OCc3ccccc3)c(F)ccc21. The monoisotopic (exact) mass is 354 g/mol. The van der Waals surface area contributed by atoms with E-state index in [0.717, 1.165) is 48.0 Å². The zero-order valence-corrected chi connectivity index (χ0v) is 15.8. The summed E-state index contributed by atoms with van der Waals surface area (Å²) in [5.41, 5.74) is 3.22. The highest BCUT2D eigenvalue weighted by Gasteiger charge is 2.17. The van der Waals surface area contributed by atoms with Crippen LogP contribution in [0, 0.1) is 5.82 Å². The molecule has 3 aromatic rings. The normalized spacial score (nSPS) is 11.4. The fourth-order valence-electron chi connectivity index (χ4n) is 3.25. The molecular formula is C22H27FN2O. The summed E-state index contributed by atoms with van der Waals surface area (Å²) in [7, 11) is 4.11. The maximum absolute atomic E-state index is 14.7. The molecule has 0 saturated carbocycles. The van der Waals surface area contributed by atoms with Crippen molar-refractivity contribution in [3.63, 3.8) is 0 Å². The van der Waals surface area contributed by atoms with E-state index < -0.39 is 0 Å². The van der Waals surface area contributed by atoms with Gasteiger partial charge >= 0.3 is 0 Å². The molecule has 3 nitrogen and oxygen atoms in total. The Balaban J connectivity index is 2.00. The molecule has 0 unspecified atom stereocenters. The smallest absolute Gasteiger partial charge is 0.165 e. The van der Waals surface area contributed by atoms with E-state index in [0.29, 0.717) is 12.4 Å². The summed E-state index contributed by atoms with van der Waals surface area (Å²) in [4.78, 5) is 2.15. The van der Waals surface area contributed by atoms with Crippen molar-refractivity contribution in [2.45, 2.75) is 32.9 Å². The van der Waals surface area contributed by atoms with Gasteiger partial charge in [-0.1, -0.05) is 37.3 Å². The molecule has 26 heavy (non-hydrogen) atoms. The first-order chi connectivity index (χ1) is 12.6. The second kappa shape index (κ2) is 8.37. The van der Waals surface area contributed by atoms with Gasteiger partial charge in [-0.2, -0.15) is 0 Å². The number of ether oxygens (including phenoxy) is 1. The molecule has 0 bridgehead atoms. The minimum atomic E-state index is -0.297. The van der Waals surface area contributed by atoms with Crippen LogP contribution in [0.3, 0.4) is 0 Å². The average molecular weight is 354 g/mol. The van der Waals surface area contributed by atoms with E-state index in [1.807, 2.05) is 36.4 Å². The molecular weight excluding hydrogens is 327 g/mol. The van der Waals surface area contributed by atoms with E-state index in [2.05, 4.69) is 36.7 Å². The first-order valence-electron chi connectivity index (χ1n) is 9.21. The number of aromatic nitrogens is 1. The quantitative estimate of drug-likeness (QED) is 0.574. The van der Waals surface area contributed by atoms with Crippen molar-refractivity contribution in [1.29, 1.82) is 0 Å². The highest BCUT2D eigenvalue weighted by molar-refractivity contribution is 5.90. The second-order valence-corrected chi connectivity index (χ2v) is 6.95. The Hall–Kier alpha value is -2.33. The summed E-state index contributed by atoms with van der Waals surface area (Å²) in [6.07, 6.45) is 4.06. The zero-order valence-electron chi connectivity index (χ0n) is 15.8. The van der Waals surface area contributed by atoms with Gasteiger partial charge in [0.2, 0.25) is 0 Å². The largest absolute Gasteiger partial charge is 0.485 e. The zero-order chi connectivity index (χ0) is 18.5. The number of fused-ring (bicyclic) bond motifs is 1. The molecule has 0 aliphatic carbocycles. The van der Waals surface area contributed by atoms with Crippen LogP contribution in [-0.2, 0) is 19.6 Å². The van der Waals surface area contributed by atoms with Crippen molar-refractivity contribution in [2.75, 3.05) is 20.6 Å². The number of rotatable bonds is 8. The number of nitrogens with zero attached hydrogens (tertiary/aromatic N) is 2. The predicted octanol–water partition coefficient (Wildman–Crippen LogP) is 4.87. The highest BCUT2D eigenvalue weighted by atomic mass is 19.1. The van der Waals surface area contributed by atoms with Gasteiger partial charge in [-0.25, -0.2) is 4.39 Å². The van der Waals surface area contributed by atoms with E-state index in [1.54, 1.807) is 0 Å². The molecule has 138 valence electrons. The van der Waals surface area contributed by atoms with Crippen LogP contribution in [-0.4, -0.2) is 30.1 Å². The summed E-state index contributed by atoms with van der Waals surface area (Å²) >= 11 is 0. The summed E-state index contributed by atoms with van der Waals surface area (Å²) < 4.78 is 22.8. The van der Waals surface area contributed by atoms with Crippen molar-refractivity contribution in [1.82, 2.24) is 9.47 Å². The Bertz CT molecular complexity index is 855. The van der Waals surface area contributed by atoms with E-state index in [1.165, 1.54) is 6.07 Å². The van der Waals surface area contributed by atoms with Crippen LogP contribution in [0.15, 0.2) is 48.7 Å². The van der Waals surface area contributed by atoms with Gasteiger partial charge in [0.25, 0.3) is 0 Å². The van der Waals surface area contributed by atoms with Gasteiger partial charge in [0.1, 0.15) is 6.61 Å². The summed E-state index contributed by atoms with van der Waals surface area (Å²) in [5.74, 6) is 0.0729. The van der Waals surface area contributed by atoms with Gasteiger partial charge < -0.3 is 14.2 Å². The number of hydrogen-bond donors (Lipinski definition) is 0. The maximum Gasteiger partial charge on any atom is 0.165 e. The standard InChI is InChI=1S/C22H27FN2O/c1-4-13-25-15-18(12-14-24(2)3)21-20(25)11-10-19(23)22(21)26-16-17-8-6-5-7-9-17/h5-11,15H,4,12-14,16H2,1-3H3. The van der Waals surface area contributed by atoms with Gasteiger partial charge in [-0.3, -0.25) is 0 Å². The van der Waals surface area contributed by atoms with Crippen LogP contribution < -0.4 is 4.74 Å².